The summed E-state index contributed by atoms with van der Waals surface area (Å²) in [5.74, 6) is 0.793. The molecule has 0 bridgehead atoms. The minimum absolute atomic E-state index is 0.0703. The molecule has 1 aromatic carbocycles. The quantitative estimate of drug-likeness (QED) is 0.385. The summed E-state index contributed by atoms with van der Waals surface area (Å²) < 4.78 is 21.4. The lowest BCUT2D eigenvalue weighted by atomic mass is 9.94. The van der Waals surface area contributed by atoms with Gasteiger partial charge in [-0.2, -0.15) is 5.10 Å². The zero-order chi connectivity index (χ0) is 27.5. The van der Waals surface area contributed by atoms with Gasteiger partial charge in [-0.3, -0.25) is 4.79 Å². The van der Waals surface area contributed by atoms with Crippen LogP contribution in [-0.2, 0) is 5.54 Å². The minimum atomic E-state index is -0.747. The number of carbonyl (C=O) groups is 1. The van der Waals surface area contributed by atoms with Crippen LogP contribution in [0.2, 0.25) is 5.02 Å². The van der Waals surface area contributed by atoms with Crippen LogP contribution in [-0.4, -0.2) is 54.7 Å². The molecular weight excluding hydrogens is 521 g/mol. The number of halogens is 2. The summed E-state index contributed by atoms with van der Waals surface area (Å²) in [6.45, 7) is 6.67. The summed E-state index contributed by atoms with van der Waals surface area (Å²) in [4.78, 5) is 28.2. The van der Waals surface area contributed by atoms with E-state index in [1.165, 1.54) is 16.8 Å². The first-order valence-electron chi connectivity index (χ1n) is 12.7. The van der Waals surface area contributed by atoms with Crippen LogP contribution in [0.15, 0.2) is 55.0 Å². The maximum atomic E-state index is 13.5. The molecule has 0 radical (unpaired) electrons. The smallest absolute Gasteiger partial charge is 0.257 e. The van der Waals surface area contributed by atoms with Crippen molar-refractivity contribution in [3.05, 3.63) is 82.6 Å². The van der Waals surface area contributed by atoms with Crippen molar-refractivity contribution >= 4 is 17.5 Å². The molecule has 1 aliphatic carbocycles. The van der Waals surface area contributed by atoms with Crippen LogP contribution in [0.25, 0.3) is 17.2 Å². The Kier molecular flexibility index (Phi) is 6.11. The van der Waals surface area contributed by atoms with E-state index in [4.69, 9.17) is 22.1 Å². The molecule has 39 heavy (non-hydrogen) atoms. The van der Waals surface area contributed by atoms with E-state index in [1.807, 2.05) is 18.7 Å². The van der Waals surface area contributed by atoms with Gasteiger partial charge in [-0.15, -0.1) is 0 Å². The van der Waals surface area contributed by atoms with E-state index >= 15 is 0 Å². The van der Waals surface area contributed by atoms with E-state index in [2.05, 4.69) is 20.1 Å². The lowest BCUT2D eigenvalue weighted by Gasteiger charge is -2.24. The summed E-state index contributed by atoms with van der Waals surface area (Å²) in [7, 11) is 0. The van der Waals surface area contributed by atoms with Gasteiger partial charge in [0.1, 0.15) is 11.9 Å². The summed E-state index contributed by atoms with van der Waals surface area (Å²) in [6, 6.07) is 9.48. The number of amides is 1. The average Bonchev–Trinajstić information content (AvgIpc) is 3.22. The van der Waals surface area contributed by atoms with Crippen molar-refractivity contribution in [3.8, 4) is 23.1 Å². The second-order valence-electron chi connectivity index (χ2n) is 10.6. The number of carbonyl (C=O) groups excluding carboxylic acids is 1. The number of pyridine rings is 1. The molecule has 11 heteroatoms. The second kappa shape index (κ2) is 9.39. The molecule has 9 nitrogen and oxygen atoms in total. The fourth-order valence-corrected chi connectivity index (χ4v) is 5.59. The molecule has 0 unspecified atom stereocenters. The Morgan fingerprint density at radius 3 is 2.46 bits per heavy atom. The number of ether oxygens (including phenoxy) is 1. The summed E-state index contributed by atoms with van der Waals surface area (Å²) in [6.07, 6.45) is 4.87. The van der Waals surface area contributed by atoms with E-state index in [1.54, 1.807) is 49.8 Å². The highest BCUT2D eigenvalue weighted by Crippen LogP contribution is 2.49. The van der Waals surface area contributed by atoms with E-state index in [-0.39, 0.29) is 29.7 Å². The van der Waals surface area contributed by atoms with Gasteiger partial charge in [-0.25, -0.2) is 24.0 Å². The third-order valence-electron chi connectivity index (χ3n) is 7.29. The highest BCUT2D eigenvalue weighted by atomic mass is 35.5. The van der Waals surface area contributed by atoms with Crippen molar-refractivity contribution in [2.24, 2.45) is 17.6 Å². The Labute approximate surface area is 229 Å². The Hall–Kier alpha value is -3.89. The molecule has 1 aliphatic heterocycles. The third-order valence-corrected chi connectivity index (χ3v) is 7.67. The second-order valence-corrected chi connectivity index (χ2v) is 11.0. The highest BCUT2D eigenvalue weighted by molar-refractivity contribution is 6.34. The fourth-order valence-electron chi connectivity index (χ4n) is 5.14. The lowest BCUT2D eigenvalue weighted by molar-refractivity contribution is 0.0751. The summed E-state index contributed by atoms with van der Waals surface area (Å²) >= 11 is 6.70. The monoisotopic (exact) mass is 547 g/mol. The van der Waals surface area contributed by atoms with Crippen molar-refractivity contribution in [2.45, 2.75) is 32.4 Å². The van der Waals surface area contributed by atoms with Crippen LogP contribution >= 0.6 is 11.6 Å². The van der Waals surface area contributed by atoms with Gasteiger partial charge in [0.2, 0.25) is 11.8 Å². The predicted octanol–water partition coefficient (Wildman–Crippen LogP) is 4.17. The number of nitrogens with two attached hydrogens (primary N) is 1. The first-order valence-corrected chi connectivity index (χ1v) is 13.0. The van der Waals surface area contributed by atoms with Gasteiger partial charge < -0.3 is 15.4 Å². The van der Waals surface area contributed by atoms with E-state index in [0.29, 0.717) is 58.0 Å². The Morgan fingerprint density at radius 1 is 1.15 bits per heavy atom. The first-order chi connectivity index (χ1) is 18.6. The predicted molar refractivity (Wildman–Crippen MR) is 143 cm³/mol. The molecule has 2 aliphatic rings. The normalized spacial score (nSPS) is 20.2. The van der Waals surface area contributed by atoms with Crippen molar-refractivity contribution < 1.29 is 13.9 Å². The van der Waals surface area contributed by atoms with Gasteiger partial charge in [0.15, 0.2) is 0 Å². The number of aryl methyl sites for hydroxylation is 1. The topological polar surface area (TPSA) is 112 Å². The van der Waals surface area contributed by atoms with Gasteiger partial charge in [0.25, 0.3) is 5.91 Å². The largest absolute Gasteiger partial charge is 0.474 e. The minimum Gasteiger partial charge on any atom is -0.474 e. The number of benzene rings is 1. The number of aromatic nitrogens is 5. The number of hydrogen-bond donors (Lipinski definition) is 1. The molecule has 1 saturated carbocycles. The van der Waals surface area contributed by atoms with Crippen LogP contribution in [0, 0.1) is 24.6 Å². The van der Waals surface area contributed by atoms with Gasteiger partial charge in [0.05, 0.1) is 22.0 Å². The Morgan fingerprint density at radius 2 is 1.82 bits per heavy atom. The van der Waals surface area contributed by atoms with Crippen LogP contribution in [0.4, 0.5) is 4.39 Å². The molecule has 4 aromatic rings. The van der Waals surface area contributed by atoms with E-state index in [9.17, 15) is 9.18 Å². The third kappa shape index (κ3) is 4.74. The van der Waals surface area contributed by atoms with Gasteiger partial charge in [-0.1, -0.05) is 11.6 Å². The van der Waals surface area contributed by atoms with Crippen LogP contribution in [0.3, 0.4) is 0 Å². The molecular formula is C28H27ClFN7O2. The maximum absolute atomic E-state index is 13.5. The molecule has 1 amide bonds. The number of piperidine rings is 1. The standard InChI is InChI=1S/C28H27ClFN7O2/c1-15-18(14-37(35-15)27-32-9-4-10-33-27)26(38)36-12-19-20(13-36)25(19)39-22-11-21(28(2,3)31)23(29)24(34-22)16-5-7-17(30)8-6-16/h4-11,14,19-20,25H,12-13,31H2,1-3H3/t19-,20+,25-. The molecule has 4 heterocycles. The molecule has 6 rings (SSSR count). The highest BCUT2D eigenvalue weighted by Gasteiger charge is 2.59. The van der Waals surface area contributed by atoms with Gasteiger partial charge >= 0.3 is 0 Å². The number of hydrogen-bond acceptors (Lipinski definition) is 7. The lowest BCUT2D eigenvalue weighted by Crippen LogP contribution is -2.33. The number of nitrogens with zero attached hydrogens (tertiary/aromatic N) is 6. The zero-order valence-electron chi connectivity index (χ0n) is 21.7. The SMILES string of the molecule is Cc1nn(-c2ncccn2)cc1C(=O)N1C[C@@H]2[C@H](C1)[C@@H]2Oc1cc(C(C)(C)N)c(Cl)c(-c2ccc(F)cc2)n1. The van der Waals surface area contributed by atoms with Crippen LogP contribution in [0.5, 0.6) is 5.88 Å². The van der Waals surface area contributed by atoms with Crippen LogP contribution in [0.1, 0.15) is 35.5 Å². The molecule has 3 atom stereocenters. The van der Waals surface area contributed by atoms with Gasteiger partial charge in [-0.05, 0) is 56.7 Å². The van der Waals surface area contributed by atoms with E-state index < -0.39 is 5.54 Å². The molecule has 3 aromatic heterocycles. The maximum Gasteiger partial charge on any atom is 0.257 e. The number of rotatable bonds is 6. The fraction of sp³-hybridized carbons (Fsp3) is 0.321. The number of fused-ring (bicyclic) bond motifs is 1. The van der Waals surface area contributed by atoms with Crippen molar-refractivity contribution in [1.29, 1.82) is 0 Å². The van der Waals surface area contributed by atoms with E-state index in [0.717, 1.165) is 0 Å². The molecule has 1 saturated heterocycles. The van der Waals surface area contributed by atoms with Crippen molar-refractivity contribution in [1.82, 2.24) is 29.6 Å². The Bertz CT molecular complexity index is 1540. The summed E-state index contributed by atoms with van der Waals surface area (Å²) in [5, 5.41) is 4.83. The number of likely N-dealkylation sites (tertiary alicyclic amines) is 1. The zero-order valence-corrected chi connectivity index (χ0v) is 22.4. The molecule has 2 fully saturated rings. The molecule has 0 spiro atoms. The van der Waals surface area contributed by atoms with Crippen molar-refractivity contribution in [2.75, 3.05) is 13.1 Å². The Balaban J connectivity index is 1.18. The molecule has 2 N–H and O–H groups in total. The molecule has 200 valence electrons. The average molecular weight is 548 g/mol. The van der Waals surface area contributed by atoms with Gasteiger partial charge in [0, 0.05) is 60.7 Å². The summed E-state index contributed by atoms with van der Waals surface area (Å²) in [5.41, 5.74) is 8.65. The van der Waals surface area contributed by atoms with Crippen LogP contribution < -0.4 is 10.5 Å². The first kappa shape index (κ1) is 25.4. The van der Waals surface area contributed by atoms with Crippen molar-refractivity contribution in [3.63, 3.8) is 0 Å².